The van der Waals surface area contributed by atoms with Gasteiger partial charge in [0.05, 0.1) is 6.04 Å². The molecule has 0 aromatic heterocycles. The number of imide groups is 1. The molecule has 0 saturated carbocycles. The zero-order valence-electron chi connectivity index (χ0n) is 24.6. The van der Waals surface area contributed by atoms with E-state index in [0.717, 1.165) is 10.5 Å². The molecule has 0 radical (unpaired) electrons. The van der Waals surface area contributed by atoms with Crippen LogP contribution in [0.15, 0.2) is 78.9 Å². The molecule has 0 bridgehead atoms. The molecule has 0 heterocycles. The van der Waals surface area contributed by atoms with Crippen LogP contribution in [-0.4, -0.2) is 41.2 Å². The minimum Gasteiger partial charge on any atom is -0.444 e. The molecule has 0 fully saturated rings. The van der Waals surface area contributed by atoms with Crippen LogP contribution >= 0.6 is 11.6 Å². The molecule has 0 spiro atoms. The van der Waals surface area contributed by atoms with Crippen molar-refractivity contribution in [1.82, 2.24) is 10.2 Å². The largest absolute Gasteiger partial charge is 0.444 e. The summed E-state index contributed by atoms with van der Waals surface area (Å²) >= 11 is 6.31. The van der Waals surface area contributed by atoms with E-state index in [1.165, 1.54) is 0 Å². The second-order valence-corrected chi connectivity index (χ2v) is 11.5. The SMILES string of the molecule is Cc1ccc(C(c2ccccc2)N(C(=O)OCc2ccccc2Cl)C(=O)[C@H](CCCCN)NC(=O)OC(C)(C)C)cc1. The monoisotopic (exact) mass is 593 g/mol. The van der Waals surface area contributed by atoms with Crippen molar-refractivity contribution in [3.63, 3.8) is 0 Å². The smallest absolute Gasteiger partial charge is 0.417 e. The Morgan fingerprint density at radius 1 is 0.905 bits per heavy atom. The van der Waals surface area contributed by atoms with Crippen molar-refractivity contribution in [3.8, 4) is 0 Å². The highest BCUT2D eigenvalue weighted by Gasteiger charge is 2.38. The number of aryl methyl sites for hydroxylation is 1. The summed E-state index contributed by atoms with van der Waals surface area (Å²) in [4.78, 5) is 42.3. The Morgan fingerprint density at radius 3 is 2.14 bits per heavy atom. The Labute approximate surface area is 253 Å². The van der Waals surface area contributed by atoms with Crippen LogP contribution in [0.5, 0.6) is 0 Å². The number of nitrogens with one attached hydrogen (secondary N) is 1. The summed E-state index contributed by atoms with van der Waals surface area (Å²) in [5.74, 6) is -0.628. The highest BCUT2D eigenvalue weighted by Crippen LogP contribution is 2.31. The number of amides is 3. The van der Waals surface area contributed by atoms with E-state index in [1.807, 2.05) is 61.5 Å². The van der Waals surface area contributed by atoms with Gasteiger partial charge in [-0.3, -0.25) is 4.79 Å². The third kappa shape index (κ3) is 9.60. The third-order valence-electron chi connectivity index (χ3n) is 6.45. The lowest BCUT2D eigenvalue weighted by Gasteiger charge is -2.33. The number of carbonyl (C=O) groups excluding carboxylic acids is 3. The molecular weight excluding hydrogens is 554 g/mol. The predicted octanol–water partition coefficient (Wildman–Crippen LogP) is 6.93. The number of nitrogens with two attached hydrogens (primary N) is 1. The first-order valence-corrected chi connectivity index (χ1v) is 14.4. The fourth-order valence-corrected chi connectivity index (χ4v) is 4.58. The summed E-state index contributed by atoms with van der Waals surface area (Å²) in [7, 11) is 0. The molecule has 3 aromatic carbocycles. The number of ether oxygens (including phenoxy) is 2. The number of benzene rings is 3. The van der Waals surface area contributed by atoms with Crippen molar-refractivity contribution in [2.24, 2.45) is 5.73 Å². The van der Waals surface area contributed by atoms with Crippen LogP contribution < -0.4 is 11.1 Å². The molecule has 3 N–H and O–H groups in total. The van der Waals surface area contributed by atoms with Gasteiger partial charge in [0.2, 0.25) is 0 Å². The van der Waals surface area contributed by atoms with Crippen molar-refractivity contribution >= 4 is 29.7 Å². The van der Waals surface area contributed by atoms with Crippen LogP contribution in [0.1, 0.15) is 68.3 Å². The molecule has 0 saturated heterocycles. The predicted molar refractivity (Wildman–Crippen MR) is 164 cm³/mol. The third-order valence-corrected chi connectivity index (χ3v) is 6.81. The maximum atomic E-state index is 14.4. The van der Waals surface area contributed by atoms with Crippen molar-refractivity contribution in [3.05, 3.63) is 106 Å². The van der Waals surface area contributed by atoms with Gasteiger partial charge in [-0.1, -0.05) is 90.0 Å². The fourth-order valence-electron chi connectivity index (χ4n) is 4.39. The molecule has 0 aliphatic heterocycles. The Hall–Kier alpha value is -3.88. The topological polar surface area (TPSA) is 111 Å². The van der Waals surface area contributed by atoms with Crippen LogP contribution in [0.25, 0.3) is 0 Å². The highest BCUT2D eigenvalue weighted by atomic mass is 35.5. The number of halogens is 1. The van der Waals surface area contributed by atoms with Crippen LogP contribution in [0.4, 0.5) is 9.59 Å². The summed E-state index contributed by atoms with van der Waals surface area (Å²) in [6, 6.07) is 21.9. The number of carbonyl (C=O) groups is 3. The molecule has 42 heavy (non-hydrogen) atoms. The van der Waals surface area contributed by atoms with Crippen molar-refractivity contribution in [2.45, 2.75) is 71.2 Å². The van der Waals surface area contributed by atoms with E-state index in [-0.39, 0.29) is 13.0 Å². The zero-order valence-corrected chi connectivity index (χ0v) is 25.4. The number of rotatable bonds is 11. The molecule has 0 aliphatic rings. The Bertz CT molecular complexity index is 1330. The van der Waals surface area contributed by atoms with Crippen LogP contribution in [-0.2, 0) is 20.9 Å². The van der Waals surface area contributed by atoms with E-state index in [0.29, 0.717) is 41.1 Å². The molecule has 1 unspecified atom stereocenters. The van der Waals surface area contributed by atoms with Crippen molar-refractivity contribution in [1.29, 1.82) is 0 Å². The highest BCUT2D eigenvalue weighted by molar-refractivity contribution is 6.31. The number of hydrogen-bond acceptors (Lipinski definition) is 6. The summed E-state index contributed by atoms with van der Waals surface area (Å²) in [5, 5.41) is 3.13. The molecule has 8 nitrogen and oxygen atoms in total. The molecule has 224 valence electrons. The van der Waals surface area contributed by atoms with Gasteiger partial charge in [-0.2, -0.15) is 0 Å². The molecule has 3 aromatic rings. The van der Waals surface area contributed by atoms with E-state index >= 15 is 0 Å². The second-order valence-electron chi connectivity index (χ2n) is 11.1. The van der Waals surface area contributed by atoms with Gasteiger partial charge in [0.25, 0.3) is 5.91 Å². The number of alkyl carbamates (subject to hydrolysis) is 1. The van der Waals surface area contributed by atoms with Gasteiger partial charge in [0.1, 0.15) is 18.2 Å². The molecule has 9 heteroatoms. The average molecular weight is 594 g/mol. The summed E-state index contributed by atoms with van der Waals surface area (Å²) < 4.78 is 11.2. The molecule has 3 amide bonds. The Kier molecular flexibility index (Phi) is 11.9. The van der Waals surface area contributed by atoms with Crippen LogP contribution in [0.2, 0.25) is 5.02 Å². The minimum absolute atomic E-state index is 0.144. The maximum Gasteiger partial charge on any atom is 0.417 e. The lowest BCUT2D eigenvalue weighted by atomic mass is 9.95. The van der Waals surface area contributed by atoms with Gasteiger partial charge in [0.15, 0.2) is 0 Å². The maximum absolute atomic E-state index is 14.4. The summed E-state index contributed by atoms with van der Waals surface area (Å²) in [6.07, 6.45) is -0.199. The molecule has 2 atom stereocenters. The Balaban J connectivity index is 2.07. The van der Waals surface area contributed by atoms with Gasteiger partial charge >= 0.3 is 12.2 Å². The van der Waals surface area contributed by atoms with Gasteiger partial charge in [-0.05, 0) is 70.7 Å². The van der Waals surface area contributed by atoms with E-state index < -0.39 is 35.8 Å². The standard InChI is InChI=1S/C33H40ClN3O5/c1-23-17-19-25(20-18-23)29(24-12-6-5-7-13-24)37(32(40)41-22-26-14-8-9-15-27(26)34)30(38)28(16-10-11-21-35)36-31(39)42-33(2,3)4/h5-9,12-15,17-20,28-29H,10-11,16,21-22,35H2,1-4H3,(H,36,39)/t28-,29?/m0/s1. The first kappa shape index (κ1) is 32.6. The first-order valence-electron chi connectivity index (χ1n) is 14.0. The van der Waals surface area contributed by atoms with Crippen LogP contribution in [0.3, 0.4) is 0 Å². The number of unbranched alkanes of at least 4 members (excludes halogenated alkanes) is 1. The first-order chi connectivity index (χ1) is 20.0. The normalized spacial score (nSPS) is 12.6. The molecule has 0 aliphatic carbocycles. The fraction of sp³-hybridized carbons (Fsp3) is 0.364. The van der Waals surface area contributed by atoms with Gasteiger partial charge in [-0.15, -0.1) is 0 Å². The van der Waals surface area contributed by atoms with E-state index in [1.54, 1.807) is 45.0 Å². The van der Waals surface area contributed by atoms with Gasteiger partial charge in [-0.25, -0.2) is 14.5 Å². The van der Waals surface area contributed by atoms with Crippen molar-refractivity contribution < 1.29 is 23.9 Å². The summed E-state index contributed by atoms with van der Waals surface area (Å²) in [6.45, 7) is 7.44. The van der Waals surface area contributed by atoms with E-state index in [2.05, 4.69) is 5.32 Å². The average Bonchev–Trinajstić information content (AvgIpc) is 2.94. The summed E-state index contributed by atoms with van der Waals surface area (Å²) in [5.41, 5.74) is 7.95. The van der Waals surface area contributed by atoms with Gasteiger partial charge in [0, 0.05) is 10.6 Å². The van der Waals surface area contributed by atoms with Gasteiger partial charge < -0.3 is 20.5 Å². The van der Waals surface area contributed by atoms with Crippen LogP contribution in [0, 0.1) is 6.92 Å². The lowest BCUT2D eigenvalue weighted by Crippen LogP contribution is -2.52. The lowest BCUT2D eigenvalue weighted by molar-refractivity contribution is -0.133. The Morgan fingerprint density at radius 2 is 1.52 bits per heavy atom. The molecular formula is C33H40ClN3O5. The van der Waals surface area contributed by atoms with Crippen molar-refractivity contribution in [2.75, 3.05) is 6.54 Å². The molecule has 3 rings (SSSR count). The number of hydrogen-bond donors (Lipinski definition) is 2. The quantitative estimate of drug-likeness (QED) is 0.233. The number of nitrogens with zero attached hydrogens (tertiary/aromatic N) is 1. The second kappa shape index (κ2) is 15.4. The zero-order chi connectivity index (χ0) is 30.7. The van der Waals surface area contributed by atoms with E-state index in [4.69, 9.17) is 26.8 Å². The van der Waals surface area contributed by atoms with E-state index in [9.17, 15) is 14.4 Å². The minimum atomic E-state index is -1.07.